The molecular formula is C93H123N13O19S. The fraction of sp³-hybridized carbons (Fsp3) is 0.484. The number of phenols is 2. The molecule has 7 rings (SSSR count). The summed E-state index contributed by atoms with van der Waals surface area (Å²) in [6.45, 7) is 10.4. The summed E-state index contributed by atoms with van der Waals surface area (Å²) in [7, 11) is 6.83. The number of rotatable bonds is 25. The molecule has 1 aliphatic heterocycles. The van der Waals surface area contributed by atoms with Crippen LogP contribution in [0.1, 0.15) is 134 Å². The molecule has 0 saturated carbocycles. The number of nitrogens with two attached hydrogens (primary N) is 1. The number of hydrogen-bond donors (Lipinski definition) is 10. The van der Waals surface area contributed by atoms with Gasteiger partial charge in [-0.3, -0.25) is 76.7 Å². The maximum absolute atomic E-state index is 15.4. The number of thioether (sulfide) groups is 1. The fourth-order valence-electron chi connectivity index (χ4n) is 15.1. The molecule has 1 aromatic heterocycles. The normalized spacial score (nSPS) is 22.6. The number of H-pyrrole nitrogens is 1. The molecule has 2 heterocycles. The highest BCUT2D eigenvalue weighted by Crippen LogP contribution is 2.28. The van der Waals surface area contributed by atoms with Crippen LogP contribution in [0.5, 0.6) is 11.5 Å². The molecule has 12 amide bonds. The van der Waals surface area contributed by atoms with Gasteiger partial charge in [-0.05, 0) is 88.7 Å². The van der Waals surface area contributed by atoms with E-state index in [1.54, 1.807) is 133 Å². The average molecular weight is 1760 g/mol. The second-order valence-corrected chi connectivity index (χ2v) is 34.4. The number of para-hydroxylation sites is 1. The van der Waals surface area contributed by atoms with Gasteiger partial charge in [-0.2, -0.15) is 0 Å². The maximum Gasteiger partial charge on any atom is 0.293 e. The number of aromatic nitrogens is 1. The minimum Gasteiger partial charge on any atom is -0.508 e. The molecule has 12 atom stereocenters. The van der Waals surface area contributed by atoms with Crippen molar-refractivity contribution in [3.8, 4) is 11.5 Å². The van der Waals surface area contributed by atoms with Gasteiger partial charge in [0.15, 0.2) is 11.6 Å². The molecule has 0 bridgehead atoms. The maximum atomic E-state index is 15.4. The largest absolute Gasteiger partial charge is 0.508 e. The van der Waals surface area contributed by atoms with Crippen molar-refractivity contribution >= 4 is 117 Å². The van der Waals surface area contributed by atoms with Crippen LogP contribution in [0.25, 0.3) is 10.9 Å². The predicted octanol–water partition coefficient (Wildman–Crippen LogP) is 5.24. The van der Waals surface area contributed by atoms with E-state index in [0.29, 0.717) is 58.0 Å². The van der Waals surface area contributed by atoms with Crippen LogP contribution in [0.4, 0.5) is 0 Å². The number of ketones is 3. The number of nitrogens with zero attached hydrogens (tertiary/aromatic N) is 5. The molecule has 0 aliphatic carbocycles. The van der Waals surface area contributed by atoms with E-state index in [9.17, 15) is 53.4 Å². The third kappa shape index (κ3) is 30.3. The number of Topliss-reactive ketones (excluding diaryl/α,β-unsaturated/α-hetero) is 3. The van der Waals surface area contributed by atoms with Gasteiger partial charge in [0.05, 0.1) is 30.8 Å². The summed E-state index contributed by atoms with van der Waals surface area (Å²) in [6.07, 6.45) is 0.0528. The Morgan fingerprint density at radius 3 is 1.63 bits per heavy atom. The summed E-state index contributed by atoms with van der Waals surface area (Å²) in [5.74, 6) is -16.6. The third-order valence-corrected chi connectivity index (χ3v) is 23.8. The Bertz CT molecular complexity index is 4740. The van der Waals surface area contributed by atoms with Gasteiger partial charge in [0.1, 0.15) is 72.2 Å². The summed E-state index contributed by atoms with van der Waals surface area (Å²) in [4.78, 5) is 243. The van der Waals surface area contributed by atoms with E-state index < -0.39 is 217 Å². The molecular weight excluding hydrogens is 1640 g/mol. The number of benzene rings is 5. The zero-order chi connectivity index (χ0) is 92.6. The molecule has 126 heavy (non-hydrogen) atoms. The molecule has 6 aromatic rings. The summed E-state index contributed by atoms with van der Waals surface area (Å²) in [5, 5.41) is 38.2. The number of aromatic amines is 1. The standard InChI is InChI=1S/C93H123N13O19S/c1-13-15-30-76-91(122)102(8)50-67(110)46-64(52-125-55-107)80(112)48-69(57(5)6)89(120)105(11)77(44-59-24-18-16-19-25-59)88(119)99-74(43-62-33-37-66(109)38-34-62)90(121)103(9)51-82(114)96-73(47-63-49-95-70-29-23-22-28-68(63)70)87(118)98-72(42-61-31-35-65(108)36-32-61)86(117)97-71(41-56(3)4)85(116)100-75(79(111)39-40-81(94)113)53-126-54-83(115)101-84(58(7)14-2)93(124)106(12)78(92(123)104(76)10)45-60-26-20-17-21-27-60/h16-29,31-38,49,55-58,64,69,71-78,84,95,108-109H,13-15,30,39-48,50-54H2,1-12H3,(H2,94,113)(H,96,114)(H,97,117)(H,98,118)(H,99,119)(H,100,116)(H,101,115)/t58-,64-,69-,71-,72-,73-,74-,75-,76-,77-,78-,84-/m0/s1. The van der Waals surface area contributed by atoms with E-state index in [0.717, 1.165) is 26.5 Å². The van der Waals surface area contributed by atoms with E-state index in [1.165, 1.54) is 93.6 Å². The number of carbonyl (C=O) groups is 16. The number of unbranched alkanes of at least 4 members (excludes halogenated alkanes) is 1. The first-order chi connectivity index (χ1) is 59.9. The number of aromatic hydroxyl groups is 2. The third-order valence-electron chi connectivity index (χ3n) is 22.8. The number of nitrogens with one attached hydrogen (secondary N) is 7. The minimum atomic E-state index is -1.57. The highest BCUT2D eigenvalue weighted by atomic mass is 32.2. The van der Waals surface area contributed by atoms with Crippen LogP contribution in [0.2, 0.25) is 0 Å². The lowest BCUT2D eigenvalue weighted by Crippen LogP contribution is -2.59. The predicted molar refractivity (Wildman–Crippen MR) is 475 cm³/mol. The van der Waals surface area contributed by atoms with E-state index in [1.807, 2.05) is 6.92 Å². The fourth-order valence-corrected chi connectivity index (χ4v) is 16.0. The number of likely N-dealkylation sites (N-methyl/N-ethyl adjacent to an activating group) is 5. The molecule has 11 N–H and O–H groups in total. The Balaban J connectivity index is 1.33. The lowest BCUT2D eigenvalue weighted by molar-refractivity contribution is -0.151. The van der Waals surface area contributed by atoms with Crippen LogP contribution >= 0.6 is 11.8 Å². The van der Waals surface area contributed by atoms with E-state index >= 15 is 33.6 Å². The summed E-state index contributed by atoms with van der Waals surface area (Å²) in [6, 6.07) is 23.3. The first-order valence-corrected chi connectivity index (χ1v) is 43.8. The minimum absolute atomic E-state index is 0.0551. The summed E-state index contributed by atoms with van der Waals surface area (Å²) >= 11 is 0.895. The highest BCUT2D eigenvalue weighted by Gasteiger charge is 2.43. The number of primary amides is 1. The Labute approximate surface area is 740 Å². The average Bonchev–Trinajstić information content (AvgIpc) is 0.831. The lowest BCUT2D eigenvalue weighted by atomic mass is 9.84. The van der Waals surface area contributed by atoms with Gasteiger partial charge in [-0.1, -0.05) is 171 Å². The number of ether oxygens (including phenoxy) is 1. The SMILES string of the molecule is CCCC[C@H]1C(=O)N(C)CC(=O)C[C@@H](COC=O)C(=O)C[C@@H](C(C)C)C(=O)N(C)[C@@H](Cc2ccccc2)C(=O)N[C@@H](Cc2ccc(O)cc2)C(=O)N(C)CC(=O)N[C@@H](Cc2c[nH]c3ccccc23)C(=O)N[C@@H](Cc2ccc(O)cc2)C(=O)N[C@@H](CC(C)C)C(=O)N[C@H](C(=O)CCC(N)=O)CSCC(=O)N[C@@H]([C@@H](C)CC)C(=O)N(C)[C@@H](Cc2ccccc2)C(=O)N1C. The Morgan fingerprint density at radius 2 is 1.06 bits per heavy atom. The lowest BCUT2D eigenvalue weighted by Gasteiger charge is -2.37. The van der Waals surface area contributed by atoms with Crippen molar-refractivity contribution in [2.75, 3.05) is 66.4 Å². The van der Waals surface area contributed by atoms with Crippen molar-refractivity contribution in [2.45, 2.75) is 193 Å². The molecule has 32 nitrogen and oxygen atoms in total. The number of amides is 12. The van der Waals surface area contributed by atoms with Gasteiger partial charge in [0, 0.05) is 122 Å². The van der Waals surface area contributed by atoms with Crippen molar-refractivity contribution in [3.63, 3.8) is 0 Å². The van der Waals surface area contributed by atoms with Gasteiger partial charge in [-0.15, -0.1) is 11.8 Å². The number of fused-ring (bicyclic) bond motifs is 1. The van der Waals surface area contributed by atoms with Gasteiger partial charge in [-0.25, -0.2) is 0 Å². The molecule has 0 radical (unpaired) electrons. The molecule has 1 saturated heterocycles. The van der Waals surface area contributed by atoms with Crippen molar-refractivity contribution in [2.24, 2.45) is 35.3 Å². The van der Waals surface area contributed by atoms with Gasteiger partial charge < -0.3 is 82.1 Å². The zero-order valence-corrected chi connectivity index (χ0v) is 74.7. The van der Waals surface area contributed by atoms with Crippen molar-refractivity contribution in [1.29, 1.82) is 0 Å². The van der Waals surface area contributed by atoms with Crippen LogP contribution in [0.15, 0.2) is 140 Å². The van der Waals surface area contributed by atoms with Crippen molar-refractivity contribution in [1.82, 2.24) is 61.4 Å². The molecule has 33 heteroatoms. The molecule has 5 aromatic carbocycles. The number of hydrogen-bond acceptors (Lipinski definition) is 20. The molecule has 680 valence electrons. The highest BCUT2D eigenvalue weighted by molar-refractivity contribution is 8.00. The molecule has 1 fully saturated rings. The number of carbonyl (C=O) groups excluding carboxylic acids is 16. The monoisotopic (exact) mass is 1760 g/mol. The topological polar surface area (TPSA) is 453 Å². The van der Waals surface area contributed by atoms with Gasteiger partial charge >= 0.3 is 0 Å². The Kier molecular flexibility index (Phi) is 39.5. The van der Waals surface area contributed by atoms with Crippen LogP contribution < -0.4 is 37.6 Å². The quantitative estimate of drug-likeness (QED) is 0.0327. The molecule has 0 spiro atoms. The van der Waals surface area contributed by atoms with Crippen LogP contribution in [-0.4, -0.2) is 255 Å². The summed E-state index contributed by atoms with van der Waals surface area (Å²) in [5.41, 5.74) is 8.77. The van der Waals surface area contributed by atoms with Crippen LogP contribution in [-0.2, 0) is 114 Å². The second kappa shape index (κ2) is 49.4. The Morgan fingerprint density at radius 1 is 0.532 bits per heavy atom. The van der Waals surface area contributed by atoms with Crippen molar-refractivity contribution < 1.29 is 91.7 Å². The molecule has 0 unspecified atom stereocenters. The van der Waals surface area contributed by atoms with Crippen molar-refractivity contribution in [3.05, 3.63) is 167 Å². The van der Waals surface area contributed by atoms with E-state index in [2.05, 4.69) is 36.9 Å². The molecule has 1 aliphatic rings. The first-order valence-electron chi connectivity index (χ1n) is 42.7. The zero-order valence-electron chi connectivity index (χ0n) is 73.9. The van der Waals surface area contributed by atoms with Gasteiger partial charge in [0.2, 0.25) is 70.9 Å². The number of phenolic OH excluding ortho intramolecular Hbond substituents is 2. The van der Waals surface area contributed by atoms with Crippen LogP contribution in [0, 0.1) is 29.6 Å². The van der Waals surface area contributed by atoms with E-state index in [4.69, 9.17) is 10.5 Å². The summed E-state index contributed by atoms with van der Waals surface area (Å²) < 4.78 is 5.15. The smallest absolute Gasteiger partial charge is 0.293 e. The first kappa shape index (κ1) is 101. The second-order valence-electron chi connectivity index (χ2n) is 33.4. The van der Waals surface area contributed by atoms with E-state index in [-0.39, 0.29) is 74.6 Å². The van der Waals surface area contributed by atoms with Crippen LogP contribution in [0.3, 0.4) is 0 Å². The Hall–Kier alpha value is -12.3. The van der Waals surface area contributed by atoms with Gasteiger partial charge in [0.25, 0.3) is 6.47 Å².